The van der Waals surface area contributed by atoms with E-state index in [0.29, 0.717) is 22.7 Å². The Hall–Kier alpha value is -1.80. The molecule has 0 amide bonds. The molecule has 0 bridgehead atoms. The fourth-order valence-electron chi connectivity index (χ4n) is 1.97. The van der Waals surface area contributed by atoms with Gasteiger partial charge in [0.1, 0.15) is 10.7 Å². The van der Waals surface area contributed by atoms with Gasteiger partial charge in [-0.2, -0.15) is 0 Å². The zero-order valence-electron chi connectivity index (χ0n) is 10.7. The maximum atomic E-state index is 12.8. The zero-order chi connectivity index (χ0) is 16.2. The van der Waals surface area contributed by atoms with Crippen LogP contribution in [-0.2, 0) is 0 Å². The minimum absolute atomic E-state index is 0.115. The molecule has 118 valence electrons. The quantitative estimate of drug-likeness (QED) is 0.520. The molecule has 1 N–H and O–H groups in total. The van der Waals surface area contributed by atoms with Gasteiger partial charge in [0.05, 0.1) is 11.0 Å². The molecule has 9 heteroatoms. The van der Waals surface area contributed by atoms with Crippen LogP contribution < -0.4 is 0 Å². The topological polar surface area (TPSA) is 28.7 Å². The Balaban J connectivity index is 2.14. The third-order valence-electron chi connectivity index (χ3n) is 3.02. The lowest BCUT2D eigenvalue weighted by Crippen LogP contribution is -2.05. The van der Waals surface area contributed by atoms with Gasteiger partial charge in [-0.05, 0) is 42.5 Å². The van der Waals surface area contributed by atoms with Crippen LogP contribution in [0.5, 0.6) is 0 Å². The van der Waals surface area contributed by atoms with E-state index in [9.17, 15) is 19.4 Å². The molecule has 2 aromatic carbocycles. The molecule has 0 unspecified atom stereocenters. The second-order valence-corrected chi connectivity index (χ2v) is 7.59. The van der Waals surface area contributed by atoms with Gasteiger partial charge in [0, 0.05) is 10.6 Å². The van der Waals surface area contributed by atoms with Gasteiger partial charge in [-0.25, -0.2) is 4.98 Å². The predicted molar refractivity (Wildman–Crippen MR) is 77.9 cm³/mol. The van der Waals surface area contributed by atoms with Crippen LogP contribution >= 0.6 is 21.8 Å². The van der Waals surface area contributed by atoms with Gasteiger partial charge < -0.3 is 4.98 Å². The van der Waals surface area contributed by atoms with Crippen molar-refractivity contribution < 1.29 is 19.4 Å². The second kappa shape index (κ2) is 3.94. The van der Waals surface area contributed by atoms with E-state index in [4.69, 9.17) is 11.6 Å². The highest BCUT2D eigenvalue weighted by Gasteiger charge is 2.65. The van der Waals surface area contributed by atoms with Gasteiger partial charge in [0.25, 0.3) is 0 Å². The molecular formula is C13H8ClF5N2S. The molecule has 3 aromatic rings. The molecule has 0 saturated heterocycles. The maximum absolute atomic E-state index is 12.8. The molecular weight excluding hydrogens is 347 g/mol. The molecule has 0 aliphatic rings. The van der Waals surface area contributed by atoms with E-state index in [1.54, 1.807) is 24.3 Å². The molecule has 22 heavy (non-hydrogen) atoms. The Kier molecular flexibility index (Phi) is 2.70. The average Bonchev–Trinajstić information content (AvgIpc) is 2.79. The van der Waals surface area contributed by atoms with Gasteiger partial charge in [-0.15, -0.1) is 0 Å². The van der Waals surface area contributed by atoms with Crippen LogP contribution in [0.2, 0.25) is 5.02 Å². The summed E-state index contributed by atoms with van der Waals surface area (Å²) in [6, 6.07) is 8.05. The summed E-state index contributed by atoms with van der Waals surface area (Å²) < 4.78 is 64.0. The van der Waals surface area contributed by atoms with Crippen LogP contribution in [0, 0.1) is 0 Å². The number of halogens is 6. The second-order valence-electron chi connectivity index (χ2n) is 4.74. The summed E-state index contributed by atoms with van der Waals surface area (Å²) in [7, 11) is -9.70. The standard InChI is InChI=1S/C13H8ClF5N2S/c14-9-3-1-8(2-4-9)13-20-11-6-5-10(7-12(11)21-13)22(15,16,17,18)19/h1-7H,(H,20,21). The largest absolute Gasteiger partial charge is 0.338 e. The number of aromatic amines is 1. The van der Waals surface area contributed by atoms with E-state index in [-0.39, 0.29) is 16.9 Å². The molecule has 0 saturated carbocycles. The van der Waals surface area contributed by atoms with Gasteiger partial charge in [-0.1, -0.05) is 31.0 Å². The Morgan fingerprint density at radius 1 is 0.909 bits per heavy atom. The van der Waals surface area contributed by atoms with Crippen LogP contribution in [0.3, 0.4) is 0 Å². The molecule has 0 spiro atoms. The van der Waals surface area contributed by atoms with Gasteiger partial charge in [-0.3, -0.25) is 0 Å². The number of H-pyrrole nitrogens is 1. The van der Waals surface area contributed by atoms with Gasteiger partial charge in [0.15, 0.2) is 0 Å². The van der Waals surface area contributed by atoms with Crippen LogP contribution in [0.15, 0.2) is 47.4 Å². The average molecular weight is 355 g/mol. The summed E-state index contributed by atoms with van der Waals surface area (Å²) in [5.74, 6) is 0.269. The zero-order valence-corrected chi connectivity index (χ0v) is 12.2. The normalized spacial score (nSPS) is 15.5. The minimum Gasteiger partial charge on any atom is -0.338 e. The molecule has 1 heterocycles. The number of hydrogen-bond donors (Lipinski definition) is 1. The van der Waals surface area contributed by atoms with Crippen molar-refractivity contribution in [1.82, 2.24) is 9.97 Å². The molecule has 0 aliphatic carbocycles. The van der Waals surface area contributed by atoms with Gasteiger partial charge >= 0.3 is 10.2 Å². The van der Waals surface area contributed by atoms with Crippen LogP contribution in [0.4, 0.5) is 19.4 Å². The fourth-order valence-corrected chi connectivity index (χ4v) is 2.76. The maximum Gasteiger partial charge on any atom is 0.310 e. The van der Waals surface area contributed by atoms with Crippen molar-refractivity contribution in [2.24, 2.45) is 0 Å². The smallest absolute Gasteiger partial charge is 0.310 e. The number of rotatable bonds is 2. The summed E-state index contributed by atoms with van der Waals surface area (Å²) in [5, 5.41) is 0.489. The van der Waals surface area contributed by atoms with E-state index in [0.717, 1.165) is 6.07 Å². The first-order valence-electron chi connectivity index (χ1n) is 5.92. The summed E-state index contributed by atoms with van der Waals surface area (Å²) in [6.07, 6.45) is 0. The fraction of sp³-hybridized carbons (Fsp3) is 0. The van der Waals surface area contributed by atoms with E-state index in [1.807, 2.05) is 0 Å². The summed E-state index contributed by atoms with van der Waals surface area (Å²) in [4.78, 5) is 4.75. The van der Waals surface area contributed by atoms with Crippen LogP contribution in [0.1, 0.15) is 0 Å². The number of aromatic nitrogens is 2. The van der Waals surface area contributed by atoms with Crippen molar-refractivity contribution in [2.75, 3.05) is 0 Å². The first kappa shape index (κ1) is 15.1. The Morgan fingerprint density at radius 2 is 1.55 bits per heavy atom. The molecule has 2 nitrogen and oxygen atoms in total. The number of benzene rings is 2. The lowest BCUT2D eigenvalue weighted by molar-refractivity contribution is 0.364. The molecule has 0 fully saturated rings. The third-order valence-corrected chi connectivity index (χ3v) is 4.41. The number of fused-ring (bicyclic) bond motifs is 1. The van der Waals surface area contributed by atoms with E-state index >= 15 is 0 Å². The Bertz CT molecular complexity index is 872. The van der Waals surface area contributed by atoms with Crippen molar-refractivity contribution in [3.05, 3.63) is 47.5 Å². The lowest BCUT2D eigenvalue weighted by atomic mass is 10.2. The minimum atomic E-state index is -9.70. The van der Waals surface area contributed by atoms with Crippen molar-refractivity contribution in [1.29, 1.82) is 0 Å². The van der Waals surface area contributed by atoms with E-state index in [2.05, 4.69) is 9.97 Å². The summed E-state index contributed by atoms with van der Waals surface area (Å²) in [5.41, 5.74) is 0.626. The third kappa shape index (κ3) is 2.89. The number of hydrogen-bond acceptors (Lipinski definition) is 1. The Labute approximate surface area is 126 Å². The van der Waals surface area contributed by atoms with Gasteiger partial charge in [0.2, 0.25) is 0 Å². The van der Waals surface area contributed by atoms with Crippen molar-refractivity contribution >= 4 is 32.9 Å². The van der Waals surface area contributed by atoms with Crippen molar-refractivity contribution in [3.8, 4) is 11.4 Å². The molecule has 0 atom stereocenters. The first-order valence-corrected chi connectivity index (χ1v) is 8.25. The Morgan fingerprint density at radius 3 is 2.14 bits per heavy atom. The predicted octanol–water partition coefficient (Wildman–Crippen LogP) is 6.54. The number of nitrogens with zero attached hydrogens (tertiary/aromatic N) is 1. The first-order chi connectivity index (χ1) is 9.92. The van der Waals surface area contributed by atoms with Crippen LogP contribution in [0.25, 0.3) is 22.4 Å². The lowest BCUT2D eigenvalue weighted by Gasteiger charge is -2.40. The molecule has 0 aliphatic heterocycles. The monoisotopic (exact) mass is 354 g/mol. The highest BCUT2D eigenvalue weighted by Crippen LogP contribution is 3.02. The highest BCUT2D eigenvalue weighted by atomic mass is 35.5. The summed E-state index contributed by atoms with van der Waals surface area (Å²) in [6.45, 7) is 0. The number of imidazole rings is 1. The highest BCUT2D eigenvalue weighted by molar-refractivity contribution is 8.45. The SMILES string of the molecule is FS(F)(F)(F)(F)c1ccc2nc(-c3ccc(Cl)cc3)[nH]c2c1. The summed E-state index contributed by atoms with van der Waals surface area (Å²) >= 11 is 5.74. The van der Waals surface area contributed by atoms with Crippen molar-refractivity contribution in [3.63, 3.8) is 0 Å². The van der Waals surface area contributed by atoms with Crippen molar-refractivity contribution in [2.45, 2.75) is 4.90 Å². The van der Waals surface area contributed by atoms with E-state index < -0.39 is 15.1 Å². The molecule has 1 aromatic heterocycles. The molecule has 3 rings (SSSR count). The number of nitrogens with one attached hydrogen (secondary N) is 1. The molecule has 0 radical (unpaired) electrons. The van der Waals surface area contributed by atoms with Crippen LogP contribution in [-0.4, -0.2) is 9.97 Å². The van der Waals surface area contributed by atoms with E-state index in [1.165, 1.54) is 0 Å².